The molecule has 1 N–H and O–H groups in total. The lowest BCUT2D eigenvalue weighted by Crippen LogP contribution is -2.36. The maximum Gasteiger partial charge on any atom is 0.233 e. The molecule has 1 fully saturated rings. The quantitative estimate of drug-likeness (QED) is 0.802. The summed E-state index contributed by atoms with van der Waals surface area (Å²) in [6.45, 7) is 5.32. The van der Waals surface area contributed by atoms with Crippen LogP contribution in [0.5, 0.6) is 0 Å². The van der Waals surface area contributed by atoms with Crippen molar-refractivity contribution in [3.8, 4) is 11.4 Å². The lowest BCUT2D eigenvalue weighted by molar-refractivity contribution is -0.120. The first-order valence-corrected chi connectivity index (χ1v) is 9.45. The summed E-state index contributed by atoms with van der Waals surface area (Å²) in [6.07, 6.45) is 2.25. The van der Waals surface area contributed by atoms with Crippen molar-refractivity contribution in [3.05, 3.63) is 29.8 Å². The zero-order valence-electron chi connectivity index (χ0n) is 14.9. The van der Waals surface area contributed by atoms with Gasteiger partial charge in [0.15, 0.2) is 11.0 Å². The first kappa shape index (κ1) is 17.9. The first-order valence-electron chi connectivity index (χ1n) is 8.57. The van der Waals surface area contributed by atoms with Crippen LogP contribution in [0.1, 0.15) is 25.3 Å². The van der Waals surface area contributed by atoms with Crippen molar-refractivity contribution in [2.45, 2.75) is 43.2 Å². The normalized spacial score (nSPS) is 18.3. The Morgan fingerprint density at radius 2 is 2.24 bits per heavy atom. The summed E-state index contributed by atoms with van der Waals surface area (Å²) in [5.41, 5.74) is 2.21. The molecule has 7 heteroatoms. The van der Waals surface area contributed by atoms with E-state index in [2.05, 4.69) is 28.5 Å². The van der Waals surface area contributed by atoms with Crippen LogP contribution in [0, 0.1) is 6.92 Å². The van der Waals surface area contributed by atoms with Crippen LogP contribution in [-0.2, 0) is 16.6 Å². The molecule has 25 heavy (non-hydrogen) atoms. The van der Waals surface area contributed by atoms with Crippen molar-refractivity contribution in [2.24, 2.45) is 7.05 Å². The lowest BCUT2D eigenvalue weighted by Gasteiger charge is -2.14. The summed E-state index contributed by atoms with van der Waals surface area (Å²) in [4.78, 5) is 12.3. The van der Waals surface area contributed by atoms with Gasteiger partial charge < -0.3 is 14.6 Å². The highest BCUT2D eigenvalue weighted by Gasteiger charge is 2.22. The minimum Gasteiger partial charge on any atom is -0.376 e. The Morgan fingerprint density at radius 1 is 1.44 bits per heavy atom. The number of rotatable bonds is 6. The van der Waals surface area contributed by atoms with Crippen LogP contribution >= 0.6 is 11.8 Å². The fourth-order valence-electron chi connectivity index (χ4n) is 2.85. The third-order valence-electron chi connectivity index (χ3n) is 4.40. The number of hydrogen-bond donors (Lipinski definition) is 1. The zero-order valence-corrected chi connectivity index (χ0v) is 15.7. The number of nitrogens with zero attached hydrogens (tertiary/aromatic N) is 3. The van der Waals surface area contributed by atoms with Gasteiger partial charge in [0.1, 0.15) is 0 Å². The van der Waals surface area contributed by atoms with E-state index in [9.17, 15) is 4.79 Å². The fourth-order valence-corrected chi connectivity index (χ4v) is 3.69. The van der Waals surface area contributed by atoms with Gasteiger partial charge in [0.05, 0.1) is 11.4 Å². The van der Waals surface area contributed by atoms with E-state index in [4.69, 9.17) is 4.74 Å². The minimum atomic E-state index is -0.242. The highest BCUT2D eigenvalue weighted by molar-refractivity contribution is 8.00. The van der Waals surface area contributed by atoms with Gasteiger partial charge in [-0.3, -0.25) is 4.79 Å². The number of hydrogen-bond acceptors (Lipinski definition) is 5. The molecular formula is C18H24N4O2S. The van der Waals surface area contributed by atoms with Crippen molar-refractivity contribution in [1.82, 2.24) is 20.1 Å². The van der Waals surface area contributed by atoms with E-state index in [0.717, 1.165) is 41.6 Å². The Hall–Kier alpha value is -1.86. The van der Waals surface area contributed by atoms with Gasteiger partial charge in [-0.2, -0.15) is 0 Å². The molecule has 2 atom stereocenters. The number of amides is 1. The second-order valence-corrected chi connectivity index (χ2v) is 7.63. The maximum absolute atomic E-state index is 12.3. The van der Waals surface area contributed by atoms with Crippen LogP contribution in [0.3, 0.4) is 0 Å². The highest BCUT2D eigenvalue weighted by atomic mass is 32.2. The van der Waals surface area contributed by atoms with Gasteiger partial charge in [-0.1, -0.05) is 36.0 Å². The van der Waals surface area contributed by atoms with E-state index < -0.39 is 0 Å². The van der Waals surface area contributed by atoms with E-state index >= 15 is 0 Å². The maximum atomic E-state index is 12.3. The third-order valence-corrected chi connectivity index (χ3v) is 5.53. The molecule has 0 bridgehead atoms. The molecule has 1 aliphatic heterocycles. The van der Waals surface area contributed by atoms with Crippen molar-refractivity contribution in [1.29, 1.82) is 0 Å². The minimum absolute atomic E-state index is 0.000872. The predicted molar refractivity (Wildman–Crippen MR) is 98.5 cm³/mol. The molecule has 1 aliphatic rings. The van der Waals surface area contributed by atoms with Gasteiger partial charge in [0, 0.05) is 25.8 Å². The summed E-state index contributed by atoms with van der Waals surface area (Å²) >= 11 is 1.42. The van der Waals surface area contributed by atoms with Gasteiger partial charge in [0.2, 0.25) is 5.91 Å². The molecule has 3 rings (SSSR count). The van der Waals surface area contributed by atoms with E-state index in [0.29, 0.717) is 6.54 Å². The van der Waals surface area contributed by atoms with Gasteiger partial charge in [-0.15, -0.1) is 10.2 Å². The summed E-state index contributed by atoms with van der Waals surface area (Å²) in [5, 5.41) is 12.0. The van der Waals surface area contributed by atoms with Gasteiger partial charge in [-0.25, -0.2) is 0 Å². The molecule has 134 valence electrons. The van der Waals surface area contributed by atoms with Crippen LogP contribution in [0.25, 0.3) is 11.4 Å². The molecule has 1 amide bonds. The Kier molecular flexibility index (Phi) is 5.75. The molecule has 0 unspecified atom stereocenters. The van der Waals surface area contributed by atoms with E-state index in [1.165, 1.54) is 11.8 Å². The Bertz CT molecular complexity index is 740. The molecule has 6 nitrogen and oxygen atoms in total. The van der Waals surface area contributed by atoms with Crippen LogP contribution in [0.2, 0.25) is 0 Å². The van der Waals surface area contributed by atoms with Crippen molar-refractivity contribution < 1.29 is 9.53 Å². The highest BCUT2D eigenvalue weighted by Crippen LogP contribution is 2.27. The topological polar surface area (TPSA) is 69.0 Å². The second kappa shape index (κ2) is 8.01. The number of carbonyl (C=O) groups is 1. The lowest BCUT2D eigenvalue weighted by atomic mass is 10.1. The van der Waals surface area contributed by atoms with Crippen molar-refractivity contribution in [3.63, 3.8) is 0 Å². The molecule has 0 spiro atoms. The van der Waals surface area contributed by atoms with Gasteiger partial charge >= 0.3 is 0 Å². The average molecular weight is 360 g/mol. The average Bonchev–Trinajstić information content (AvgIpc) is 3.24. The van der Waals surface area contributed by atoms with E-state index in [-0.39, 0.29) is 17.3 Å². The molecule has 0 aliphatic carbocycles. The van der Waals surface area contributed by atoms with Gasteiger partial charge in [-0.05, 0) is 32.3 Å². The Labute approximate surface area is 152 Å². The molecule has 2 heterocycles. The number of ether oxygens (including phenoxy) is 1. The Balaban J connectivity index is 1.62. The summed E-state index contributed by atoms with van der Waals surface area (Å²) in [6, 6.07) is 8.08. The third kappa shape index (κ3) is 4.22. The van der Waals surface area contributed by atoms with Crippen LogP contribution < -0.4 is 5.32 Å². The fraction of sp³-hybridized carbons (Fsp3) is 0.500. The predicted octanol–water partition coefficient (Wildman–Crippen LogP) is 2.57. The molecule has 0 saturated carbocycles. The van der Waals surface area contributed by atoms with Crippen LogP contribution in [0.15, 0.2) is 29.4 Å². The number of nitrogens with one attached hydrogen (secondary N) is 1. The molecule has 2 aromatic rings. The van der Waals surface area contributed by atoms with Crippen LogP contribution in [0.4, 0.5) is 0 Å². The summed E-state index contributed by atoms with van der Waals surface area (Å²) in [7, 11) is 1.93. The molecular weight excluding hydrogens is 336 g/mol. The SMILES string of the molecule is Cc1ccccc1-c1nnc(S[C@H](C)C(=O)NC[C@H]2CCCO2)n1C. The standard InChI is InChI=1S/C18H24N4O2S/c1-12-7-4-5-9-15(12)16-20-21-18(22(16)3)25-13(2)17(23)19-11-14-8-6-10-24-14/h4-5,7,9,13-14H,6,8,10-11H2,1-3H3,(H,19,23)/t13-,14-/m1/s1. The monoisotopic (exact) mass is 360 g/mol. The number of aromatic nitrogens is 3. The largest absolute Gasteiger partial charge is 0.376 e. The smallest absolute Gasteiger partial charge is 0.233 e. The molecule has 0 radical (unpaired) electrons. The Morgan fingerprint density at radius 3 is 2.96 bits per heavy atom. The summed E-state index contributed by atoms with van der Waals surface area (Å²) in [5.74, 6) is 0.813. The zero-order chi connectivity index (χ0) is 17.8. The molecule has 1 aromatic carbocycles. The number of aryl methyl sites for hydroxylation is 1. The van der Waals surface area contributed by atoms with Crippen molar-refractivity contribution in [2.75, 3.05) is 13.2 Å². The van der Waals surface area contributed by atoms with Crippen molar-refractivity contribution >= 4 is 17.7 Å². The number of thioether (sulfide) groups is 1. The van der Waals surface area contributed by atoms with Crippen LogP contribution in [-0.4, -0.2) is 45.2 Å². The summed E-state index contributed by atoms with van der Waals surface area (Å²) < 4.78 is 7.48. The number of carbonyl (C=O) groups excluding carboxylic acids is 1. The van der Waals surface area contributed by atoms with E-state index in [1.807, 2.05) is 36.7 Å². The molecule has 1 aromatic heterocycles. The number of benzene rings is 1. The second-order valence-electron chi connectivity index (χ2n) is 6.32. The van der Waals surface area contributed by atoms with E-state index in [1.54, 1.807) is 0 Å². The molecule has 1 saturated heterocycles. The first-order chi connectivity index (χ1) is 12.1. The van der Waals surface area contributed by atoms with Gasteiger partial charge in [0.25, 0.3) is 0 Å².